The standard InChI is InChI=1S/C18H17F3N2O3S/c19-18(20,21)13-22-10-11-23(12-17(22)24)27(25,26)16-9-5-4-8-15(16)14-6-2-1-3-7-14/h1-9H,10-13H2. The number of halogens is 3. The summed E-state index contributed by atoms with van der Waals surface area (Å²) in [5.74, 6) is -0.862. The highest BCUT2D eigenvalue weighted by Crippen LogP contribution is 2.30. The second kappa shape index (κ2) is 7.32. The van der Waals surface area contributed by atoms with Crippen molar-refractivity contribution in [3.05, 3.63) is 54.6 Å². The highest BCUT2D eigenvalue weighted by atomic mass is 32.2. The minimum Gasteiger partial charge on any atom is -0.331 e. The Bertz CT molecular complexity index is 930. The number of hydrogen-bond donors (Lipinski definition) is 0. The summed E-state index contributed by atoms with van der Waals surface area (Å²) in [6.45, 7) is -2.47. The first-order chi connectivity index (χ1) is 12.7. The summed E-state index contributed by atoms with van der Waals surface area (Å²) in [4.78, 5) is 12.7. The SMILES string of the molecule is O=C1CN(S(=O)(=O)c2ccccc2-c2ccccc2)CCN1CC(F)(F)F. The molecular formula is C18H17F3N2O3S. The van der Waals surface area contributed by atoms with Gasteiger partial charge in [-0.15, -0.1) is 0 Å². The van der Waals surface area contributed by atoms with Crippen LogP contribution in [-0.4, -0.2) is 55.9 Å². The molecule has 0 atom stereocenters. The molecule has 1 saturated heterocycles. The van der Waals surface area contributed by atoms with Crippen LogP contribution in [0.25, 0.3) is 11.1 Å². The van der Waals surface area contributed by atoms with E-state index >= 15 is 0 Å². The van der Waals surface area contributed by atoms with Crippen LogP contribution in [0.2, 0.25) is 0 Å². The number of nitrogens with zero attached hydrogens (tertiary/aromatic N) is 2. The zero-order chi connectivity index (χ0) is 19.7. The molecule has 0 bridgehead atoms. The van der Waals surface area contributed by atoms with Crippen molar-refractivity contribution < 1.29 is 26.4 Å². The van der Waals surface area contributed by atoms with Crippen LogP contribution in [-0.2, 0) is 14.8 Å². The van der Waals surface area contributed by atoms with Crippen LogP contribution in [0.3, 0.4) is 0 Å². The monoisotopic (exact) mass is 398 g/mol. The lowest BCUT2D eigenvalue weighted by molar-refractivity contribution is -0.164. The van der Waals surface area contributed by atoms with Crippen molar-refractivity contribution in [3.63, 3.8) is 0 Å². The van der Waals surface area contributed by atoms with Gasteiger partial charge in [0.25, 0.3) is 0 Å². The Labute approximate surface area is 155 Å². The third kappa shape index (κ3) is 4.30. The van der Waals surface area contributed by atoms with E-state index in [1.165, 1.54) is 6.07 Å². The molecule has 0 radical (unpaired) electrons. The summed E-state index contributed by atoms with van der Waals surface area (Å²) < 4.78 is 64.6. The van der Waals surface area contributed by atoms with Gasteiger partial charge in [0.05, 0.1) is 11.4 Å². The summed E-state index contributed by atoms with van der Waals surface area (Å²) in [5, 5.41) is 0. The third-order valence-electron chi connectivity index (χ3n) is 4.24. The van der Waals surface area contributed by atoms with Crippen molar-refractivity contribution in [1.82, 2.24) is 9.21 Å². The predicted octanol–water partition coefficient (Wildman–Crippen LogP) is 2.75. The molecule has 2 aromatic rings. The van der Waals surface area contributed by atoms with Gasteiger partial charge in [0, 0.05) is 18.7 Å². The molecule has 1 amide bonds. The maximum Gasteiger partial charge on any atom is 0.406 e. The minimum absolute atomic E-state index is 0.0215. The number of hydrogen-bond acceptors (Lipinski definition) is 3. The first kappa shape index (κ1) is 19.4. The zero-order valence-corrected chi connectivity index (χ0v) is 15.0. The summed E-state index contributed by atoms with van der Waals surface area (Å²) in [6.07, 6.45) is -4.52. The third-order valence-corrected chi connectivity index (χ3v) is 6.15. The molecular weight excluding hydrogens is 381 g/mol. The number of sulfonamides is 1. The maximum atomic E-state index is 13.1. The van der Waals surface area contributed by atoms with Gasteiger partial charge in [-0.1, -0.05) is 48.5 Å². The van der Waals surface area contributed by atoms with E-state index in [4.69, 9.17) is 0 Å². The van der Waals surface area contributed by atoms with E-state index < -0.39 is 35.2 Å². The number of piperazine rings is 1. The summed E-state index contributed by atoms with van der Waals surface area (Å²) in [6, 6.07) is 15.3. The molecule has 9 heteroatoms. The zero-order valence-electron chi connectivity index (χ0n) is 14.2. The lowest BCUT2D eigenvalue weighted by Gasteiger charge is -2.34. The van der Waals surface area contributed by atoms with E-state index in [9.17, 15) is 26.4 Å². The second-order valence-corrected chi connectivity index (χ2v) is 8.04. The molecule has 27 heavy (non-hydrogen) atoms. The average Bonchev–Trinajstić information content (AvgIpc) is 2.63. The summed E-state index contributed by atoms with van der Waals surface area (Å²) in [5.41, 5.74) is 1.17. The first-order valence-electron chi connectivity index (χ1n) is 8.17. The smallest absolute Gasteiger partial charge is 0.331 e. The van der Waals surface area contributed by atoms with Gasteiger partial charge in [-0.25, -0.2) is 8.42 Å². The van der Waals surface area contributed by atoms with Crippen molar-refractivity contribution >= 4 is 15.9 Å². The Morgan fingerprint density at radius 3 is 2.19 bits per heavy atom. The van der Waals surface area contributed by atoms with E-state index in [-0.39, 0.29) is 18.0 Å². The molecule has 0 spiro atoms. The van der Waals surface area contributed by atoms with Gasteiger partial charge >= 0.3 is 6.18 Å². The van der Waals surface area contributed by atoms with E-state index in [0.717, 1.165) is 4.31 Å². The van der Waals surface area contributed by atoms with Crippen LogP contribution in [0.1, 0.15) is 0 Å². The molecule has 3 rings (SSSR count). The van der Waals surface area contributed by atoms with Gasteiger partial charge in [-0.3, -0.25) is 4.79 Å². The normalized spacial score (nSPS) is 16.6. The Kier molecular flexibility index (Phi) is 5.25. The fraction of sp³-hybridized carbons (Fsp3) is 0.278. The van der Waals surface area contributed by atoms with Gasteiger partial charge in [-0.05, 0) is 11.6 Å². The molecule has 0 N–H and O–H groups in total. The second-order valence-electron chi connectivity index (χ2n) is 6.13. The van der Waals surface area contributed by atoms with Gasteiger partial charge in [-0.2, -0.15) is 17.5 Å². The molecule has 0 unspecified atom stereocenters. The lowest BCUT2D eigenvalue weighted by Crippen LogP contribution is -2.54. The van der Waals surface area contributed by atoms with Gasteiger partial charge in [0.15, 0.2) is 0 Å². The Morgan fingerprint density at radius 1 is 0.926 bits per heavy atom. The largest absolute Gasteiger partial charge is 0.406 e. The van der Waals surface area contributed by atoms with Crippen molar-refractivity contribution in [2.24, 2.45) is 0 Å². The highest BCUT2D eigenvalue weighted by Gasteiger charge is 2.38. The van der Waals surface area contributed by atoms with Crippen LogP contribution in [0.15, 0.2) is 59.5 Å². The van der Waals surface area contributed by atoms with Crippen LogP contribution in [0.5, 0.6) is 0 Å². The molecule has 1 aliphatic heterocycles. The average molecular weight is 398 g/mol. The first-order valence-corrected chi connectivity index (χ1v) is 9.61. The van der Waals surface area contributed by atoms with Crippen LogP contribution in [0.4, 0.5) is 13.2 Å². The molecule has 1 aliphatic rings. The number of rotatable bonds is 4. The van der Waals surface area contributed by atoms with E-state index in [1.54, 1.807) is 48.5 Å². The topological polar surface area (TPSA) is 57.7 Å². The molecule has 2 aromatic carbocycles. The fourth-order valence-electron chi connectivity index (χ4n) is 2.96. The van der Waals surface area contributed by atoms with Gasteiger partial charge in [0.1, 0.15) is 6.54 Å². The fourth-order valence-corrected chi connectivity index (χ4v) is 4.56. The molecule has 0 aliphatic carbocycles. The van der Waals surface area contributed by atoms with E-state index in [0.29, 0.717) is 16.0 Å². The van der Waals surface area contributed by atoms with Crippen LogP contribution < -0.4 is 0 Å². The number of amides is 1. The Morgan fingerprint density at radius 2 is 1.56 bits per heavy atom. The Hall–Kier alpha value is -2.39. The van der Waals surface area contributed by atoms with Crippen LogP contribution in [0, 0.1) is 0 Å². The van der Waals surface area contributed by atoms with Gasteiger partial charge in [0.2, 0.25) is 15.9 Å². The number of carbonyl (C=O) groups is 1. The van der Waals surface area contributed by atoms with Gasteiger partial charge < -0.3 is 4.90 Å². The van der Waals surface area contributed by atoms with Crippen molar-refractivity contribution in [2.75, 3.05) is 26.2 Å². The van der Waals surface area contributed by atoms with E-state index in [1.807, 2.05) is 0 Å². The number of alkyl halides is 3. The quantitative estimate of drug-likeness (QED) is 0.796. The molecule has 5 nitrogen and oxygen atoms in total. The molecule has 1 fully saturated rings. The highest BCUT2D eigenvalue weighted by molar-refractivity contribution is 7.89. The molecule has 0 aromatic heterocycles. The molecule has 144 valence electrons. The minimum atomic E-state index is -4.52. The molecule has 0 saturated carbocycles. The lowest BCUT2D eigenvalue weighted by atomic mass is 10.1. The molecule has 1 heterocycles. The maximum absolute atomic E-state index is 13.1. The Balaban J connectivity index is 1.88. The van der Waals surface area contributed by atoms with Crippen molar-refractivity contribution in [2.45, 2.75) is 11.1 Å². The van der Waals surface area contributed by atoms with Crippen LogP contribution >= 0.6 is 0 Å². The van der Waals surface area contributed by atoms with E-state index in [2.05, 4.69) is 0 Å². The van der Waals surface area contributed by atoms with Crippen molar-refractivity contribution in [1.29, 1.82) is 0 Å². The number of carbonyl (C=O) groups excluding carboxylic acids is 1. The number of benzene rings is 2. The predicted molar refractivity (Wildman–Crippen MR) is 93.3 cm³/mol. The summed E-state index contributed by atoms with van der Waals surface area (Å²) in [7, 11) is -4.04. The van der Waals surface area contributed by atoms with Crippen molar-refractivity contribution in [3.8, 4) is 11.1 Å². The summed E-state index contributed by atoms with van der Waals surface area (Å²) >= 11 is 0.